The summed E-state index contributed by atoms with van der Waals surface area (Å²) in [5.41, 5.74) is 0.799. The molecule has 0 aliphatic rings. The number of hydrogen-bond acceptors (Lipinski definition) is 4. The predicted octanol–water partition coefficient (Wildman–Crippen LogP) is 2.37. The van der Waals surface area contributed by atoms with E-state index in [0.29, 0.717) is 18.3 Å². The fourth-order valence-corrected chi connectivity index (χ4v) is 1.13. The third kappa shape index (κ3) is 3.19. The Labute approximate surface area is 88.7 Å². The van der Waals surface area contributed by atoms with Crippen LogP contribution in [-0.2, 0) is 0 Å². The first kappa shape index (κ1) is 11.4. The van der Waals surface area contributed by atoms with Gasteiger partial charge in [0.1, 0.15) is 0 Å². The number of hydrogen-bond donors (Lipinski definition) is 1. The molecular weight excluding hydrogens is 194 g/mol. The quantitative estimate of drug-likeness (QED) is 0.610. The number of pyridine rings is 1. The first-order valence-electron chi connectivity index (χ1n) is 4.86. The van der Waals surface area contributed by atoms with Crippen LogP contribution in [0.3, 0.4) is 0 Å². The minimum absolute atomic E-state index is 0.0289. The van der Waals surface area contributed by atoms with Gasteiger partial charge in [0.25, 0.3) is 0 Å². The second-order valence-electron chi connectivity index (χ2n) is 3.85. The maximum atomic E-state index is 10.7. The third-order valence-corrected chi connectivity index (χ3v) is 1.89. The Balaban J connectivity index is 2.92. The molecule has 0 amide bonds. The van der Waals surface area contributed by atoms with Crippen molar-refractivity contribution in [3.63, 3.8) is 0 Å². The van der Waals surface area contributed by atoms with Crippen LogP contribution in [0.25, 0.3) is 0 Å². The Hall–Kier alpha value is -1.65. The van der Waals surface area contributed by atoms with Gasteiger partial charge in [-0.25, -0.2) is 4.98 Å². The summed E-state index contributed by atoms with van der Waals surface area (Å²) in [4.78, 5) is 14.4. The Morgan fingerprint density at radius 2 is 2.20 bits per heavy atom. The van der Waals surface area contributed by atoms with Gasteiger partial charge in [-0.3, -0.25) is 10.1 Å². The fraction of sp³-hybridized carbons (Fsp3) is 0.500. The number of rotatable bonds is 4. The maximum absolute atomic E-state index is 10.7. The van der Waals surface area contributed by atoms with Gasteiger partial charge in [-0.2, -0.15) is 0 Å². The third-order valence-electron chi connectivity index (χ3n) is 1.89. The van der Waals surface area contributed by atoms with Crippen LogP contribution in [0.2, 0.25) is 0 Å². The van der Waals surface area contributed by atoms with Crippen LogP contribution >= 0.6 is 0 Å². The van der Waals surface area contributed by atoms with Gasteiger partial charge in [-0.1, -0.05) is 13.8 Å². The molecule has 0 radical (unpaired) electrons. The lowest BCUT2D eigenvalue weighted by atomic mass is 10.2. The second kappa shape index (κ2) is 4.72. The van der Waals surface area contributed by atoms with E-state index < -0.39 is 4.92 Å². The van der Waals surface area contributed by atoms with Gasteiger partial charge >= 0.3 is 5.69 Å². The number of aromatic nitrogens is 1. The minimum Gasteiger partial charge on any atom is -0.364 e. The van der Waals surface area contributed by atoms with Crippen molar-refractivity contribution in [2.45, 2.75) is 20.8 Å². The average Bonchev–Trinajstić information content (AvgIpc) is 2.14. The lowest BCUT2D eigenvalue weighted by Gasteiger charge is -2.08. The number of nitrogens with zero attached hydrogens (tertiary/aromatic N) is 2. The van der Waals surface area contributed by atoms with Crippen molar-refractivity contribution in [2.24, 2.45) is 5.92 Å². The van der Waals surface area contributed by atoms with Crippen LogP contribution in [0.4, 0.5) is 11.5 Å². The molecule has 1 N–H and O–H groups in total. The molecule has 82 valence electrons. The number of nitrogens with one attached hydrogen (secondary N) is 1. The molecule has 0 aliphatic carbocycles. The Bertz CT molecular complexity index is 364. The highest BCUT2D eigenvalue weighted by Crippen LogP contribution is 2.21. The second-order valence-corrected chi connectivity index (χ2v) is 3.85. The predicted molar refractivity (Wildman–Crippen MR) is 59.0 cm³/mol. The lowest BCUT2D eigenvalue weighted by Crippen LogP contribution is -2.11. The van der Waals surface area contributed by atoms with Crippen LogP contribution in [-0.4, -0.2) is 16.5 Å². The molecule has 0 aromatic carbocycles. The maximum Gasteiger partial charge on any atom is 0.311 e. The van der Waals surface area contributed by atoms with Crippen molar-refractivity contribution < 1.29 is 4.92 Å². The van der Waals surface area contributed by atoms with Gasteiger partial charge < -0.3 is 5.32 Å². The van der Waals surface area contributed by atoms with E-state index in [0.717, 1.165) is 5.69 Å². The zero-order valence-corrected chi connectivity index (χ0v) is 9.15. The molecule has 0 bridgehead atoms. The summed E-state index contributed by atoms with van der Waals surface area (Å²) in [5, 5.41) is 13.7. The first-order valence-corrected chi connectivity index (χ1v) is 4.86. The van der Waals surface area contributed by atoms with Crippen molar-refractivity contribution in [1.29, 1.82) is 0 Å². The van der Waals surface area contributed by atoms with Gasteiger partial charge in [-0.15, -0.1) is 0 Å². The summed E-state index contributed by atoms with van der Waals surface area (Å²) < 4.78 is 0. The molecule has 5 nitrogen and oxygen atoms in total. The SMILES string of the molecule is Cc1ccc([N+](=O)[O-])c(NCC(C)C)n1. The standard InChI is InChI=1S/C10H15N3O2/c1-7(2)6-11-10-9(13(14)15)5-4-8(3)12-10/h4-5,7H,6H2,1-3H3,(H,11,12). The van der Waals surface area contributed by atoms with E-state index in [1.807, 2.05) is 20.8 Å². The highest BCUT2D eigenvalue weighted by atomic mass is 16.6. The van der Waals surface area contributed by atoms with E-state index in [-0.39, 0.29) is 5.69 Å². The van der Waals surface area contributed by atoms with Crippen LogP contribution in [0.1, 0.15) is 19.5 Å². The van der Waals surface area contributed by atoms with Crippen LogP contribution in [0, 0.1) is 23.0 Å². The summed E-state index contributed by atoms with van der Waals surface area (Å²) in [6.07, 6.45) is 0. The van der Waals surface area contributed by atoms with Crippen molar-refractivity contribution in [2.75, 3.05) is 11.9 Å². The number of nitro groups is 1. The summed E-state index contributed by atoms with van der Waals surface area (Å²) >= 11 is 0. The molecule has 15 heavy (non-hydrogen) atoms. The molecule has 0 saturated heterocycles. The number of anilines is 1. The van der Waals surface area contributed by atoms with E-state index in [2.05, 4.69) is 10.3 Å². The Morgan fingerprint density at radius 3 is 2.73 bits per heavy atom. The smallest absolute Gasteiger partial charge is 0.311 e. The van der Waals surface area contributed by atoms with Crippen molar-refractivity contribution in [3.8, 4) is 0 Å². The van der Waals surface area contributed by atoms with Gasteiger partial charge in [-0.05, 0) is 18.9 Å². The summed E-state index contributed by atoms with van der Waals surface area (Å²) in [6.45, 7) is 6.56. The van der Waals surface area contributed by atoms with Gasteiger partial charge in [0.05, 0.1) is 4.92 Å². The summed E-state index contributed by atoms with van der Waals surface area (Å²) in [6, 6.07) is 3.11. The molecule has 0 unspecified atom stereocenters. The summed E-state index contributed by atoms with van der Waals surface area (Å²) in [5.74, 6) is 0.778. The van der Waals surface area contributed by atoms with E-state index >= 15 is 0 Å². The molecule has 1 aromatic rings. The van der Waals surface area contributed by atoms with E-state index in [9.17, 15) is 10.1 Å². The van der Waals surface area contributed by atoms with Crippen molar-refractivity contribution in [1.82, 2.24) is 4.98 Å². The zero-order chi connectivity index (χ0) is 11.4. The molecule has 5 heteroatoms. The molecule has 0 fully saturated rings. The minimum atomic E-state index is -0.422. The largest absolute Gasteiger partial charge is 0.364 e. The van der Waals surface area contributed by atoms with E-state index in [1.54, 1.807) is 6.07 Å². The molecule has 1 rings (SSSR count). The molecule has 0 aliphatic heterocycles. The van der Waals surface area contributed by atoms with E-state index in [4.69, 9.17) is 0 Å². The molecular formula is C10H15N3O2. The molecule has 0 spiro atoms. The highest BCUT2D eigenvalue weighted by Gasteiger charge is 2.14. The Morgan fingerprint density at radius 1 is 1.53 bits per heavy atom. The topological polar surface area (TPSA) is 68.1 Å². The number of aryl methyl sites for hydroxylation is 1. The van der Waals surface area contributed by atoms with Gasteiger partial charge in [0, 0.05) is 18.3 Å². The van der Waals surface area contributed by atoms with Crippen LogP contribution in [0.5, 0.6) is 0 Å². The average molecular weight is 209 g/mol. The van der Waals surface area contributed by atoms with Gasteiger partial charge in [0.15, 0.2) is 0 Å². The molecule has 0 saturated carbocycles. The normalized spacial score (nSPS) is 10.4. The van der Waals surface area contributed by atoms with Crippen molar-refractivity contribution >= 4 is 11.5 Å². The van der Waals surface area contributed by atoms with Crippen LogP contribution < -0.4 is 5.32 Å². The lowest BCUT2D eigenvalue weighted by molar-refractivity contribution is -0.384. The van der Waals surface area contributed by atoms with E-state index in [1.165, 1.54) is 6.07 Å². The monoisotopic (exact) mass is 209 g/mol. The molecule has 0 atom stereocenters. The molecule has 1 aromatic heterocycles. The fourth-order valence-electron chi connectivity index (χ4n) is 1.13. The highest BCUT2D eigenvalue weighted by molar-refractivity contribution is 5.55. The van der Waals surface area contributed by atoms with Crippen LogP contribution in [0.15, 0.2) is 12.1 Å². The van der Waals surface area contributed by atoms with Gasteiger partial charge in [0.2, 0.25) is 5.82 Å². The Kier molecular flexibility index (Phi) is 3.60. The molecule has 1 heterocycles. The first-order chi connectivity index (χ1) is 7.00. The summed E-state index contributed by atoms with van der Waals surface area (Å²) in [7, 11) is 0. The van der Waals surface area contributed by atoms with Crippen molar-refractivity contribution in [3.05, 3.63) is 27.9 Å². The zero-order valence-electron chi connectivity index (χ0n) is 9.15.